The zero-order valence-electron chi connectivity index (χ0n) is 17.3. The Kier molecular flexibility index (Phi) is 6.72. The fraction of sp³-hybridized carbons (Fsp3) is 0.348. The van der Waals surface area contributed by atoms with Gasteiger partial charge in [0.15, 0.2) is 0 Å². The number of hydrogen-bond acceptors (Lipinski definition) is 4. The second kappa shape index (κ2) is 9.43. The third-order valence-corrected chi connectivity index (χ3v) is 5.23. The molecule has 2 aromatic rings. The standard InChI is InChI=1S/C23H27N3O4/c1-3-5-9-16-30-19-14-12-17(13-15-19)20(27)25-26-21(28)23(4-2,24-22(26)29)18-10-7-6-8-11-18/h6-8,10-15H,3-5,9,16H2,1-2H3,(H,24,29)(H,25,27)/t23-/m1/s1. The first-order valence-electron chi connectivity index (χ1n) is 10.3. The molecule has 0 aromatic heterocycles. The van der Waals surface area contributed by atoms with Gasteiger partial charge in [-0.2, -0.15) is 5.01 Å². The topological polar surface area (TPSA) is 87.7 Å². The molecule has 0 unspecified atom stereocenters. The third-order valence-electron chi connectivity index (χ3n) is 5.23. The zero-order valence-corrected chi connectivity index (χ0v) is 17.3. The number of nitrogens with zero attached hydrogens (tertiary/aromatic N) is 1. The Bertz CT molecular complexity index is 898. The zero-order chi connectivity index (χ0) is 21.6. The van der Waals surface area contributed by atoms with Crippen LogP contribution in [0.2, 0.25) is 0 Å². The van der Waals surface area contributed by atoms with Crippen LogP contribution in [0.15, 0.2) is 54.6 Å². The van der Waals surface area contributed by atoms with Gasteiger partial charge in [-0.05, 0) is 42.7 Å². The van der Waals surface area contributed by atoms with Crippen molar-refractivity contribution in [3.8, 4) is 5.75 Å². The molecule has 1 aliphatic rings. The normalized spacial score (nSPS) is 18.3. The number of carbonyl (C=O) groups excluding carboxylic acids is 3. The minimum atomic E-state index is -1.19. The SMILES string of the molecule is CCCCCOc1ccc(C(=O)NN2C(=O)N[C@](CC)(c3ccccc3)C2=O)cc1. The van der Waals surface area contributed by atoms with E-state index in [9.17, 15) is 14.4 Å². The first kappa shape index (κ1) is 21.4. The number of urea groups is 1. The van der Waals surface area contributed by atoms with Gasteiger partial charge in [0.1, 0.15) is 11.3 Å². The maximum absolute atomic E-state index is 13.1. The van der Waals surface area contributed by atoms with Gasteiger partial charge < -0.3 is 10.1 Å². The minimum absolute atomic E-state index is 0.324. The van der Waals surface area contributed by atoms with Crippen LogP contribution in [0, 0.1) is 0 Å². The molecule has 7 nitrogen and oxygen atoms in total. The molecule has 2 N–H and O–H groups in total. The van der Waals surface area contributed by atoms with Gasteiger partial charge in [0.05, 0.1) is 6.61 Å². The van der Waals surface area contributed by atoms with Gasteiger partial charge >= 0.3 is 6.03 Å². The van der Waals surface area contributed by atoms with Gasteiger partial charge in [0, 0.05) is 5.56 Å². The number of imide groups is 1. The molecule has 2 aromatic carbocycles. The molecule has 0 bridgehead atoms. The van der Waals surface area contributed by atoms with Gasteiger partial charge in [0.25, 0.3) is 11.8 Å². The van der Waals surface area contributed by atoms with Gasteiger partial charge in [0.2, 0.25) is 0 Å². The third kappa shape index (κ3) is 4.30. The number of unbranched alkanes of at least 4 members (excludes halogenated alkanes) is 2. The number of benzene rings is 2. The minimum Gasteiger partial charge on any atom is -0.494 e. The van der Waals surface area contributed by atoms with Crippen molar-refractivity contribution >= 4 is 17.8 Å². The molecular formula is C23H27N3O4. The Hall–Kier alpha value is -3.35. The summed E-state index contributed by atoms with van der Waals surface area (Å²) in [6.07, 6.45) is 3.56. The summed E-state index contributed by atoms with van der Waals surface area (Å²) in [7, 11) is 0. The highest BCUT2D eigenvalue weighted by Gasteiger charge is 2.52. The molecule has 1 atom stereocenters. The fourth-order valence-corrected chi connectivity index (χ4v) is 3.45. The van der Waals surface area contributed by atoms with Crippen molar-refractivity contribution in [2.45, 2.75) is 45.1 Å². The Labute approximate surface area is 176 Å². The molecule has 1 aliphatic heterocycles. The smallest absolute Gasteiger partial charge is 0.344 e. The van der Waals surface area contributed by atoms with Crippen LogP contribution in [0.5, 0.6) is 5.75 Å². The molecule has 1 fully saturated rings. The van der Waals surface area contributed by atoms with E-state index in [0.29, 0.717) is 29.9 Å². The molecular weight excluding hydrogens is 382 g/mol. The average molecular weight is 409 g/mol. The summed E-state index contributed by atoms with van der Waals surface area (Å²) in [6.45, 7) is 4.57. The Balaban J connectivity index is 1.68. The van der Waals surface area contributed by atoms with Crippen molar-refractivity contribution in [2.24, 2.45) is 0 Å². The average Bonchev–Trinajstić information content (AvgIpc) is 3.03. The molecule has 0 aliphatic carbocycles. The Morgan fingerprint density at radius 3 is 2.37 bits per heavy atom. The van der Waals surface area contributed by atoms with Gasteiger partial charge in [-0.15, -0.1) is 0 Å². The van der Waals surface area contributed by atoms with Crippen molar-refractivity contribution in [1.82, 2.24) is 15.8 Å². The van der Waals surface area contributed by atoms with Crippen molar-refractivity contribution in [3.63, 3.8) is 0 Å². The Morgan fingerprint density at radius 2 is 1.73 bits per heavy atom. The summed E-state index contributed by atoms with van der Waals surface area (Å²) in [5.41, 5.74) is 2.23. The van der Waals surface area contributed by atoms with Gasteiger partial charge in [-0.3, -0.25) is 15.0 Å². The molecule has 0 saturated carbocycles. The number of ether oxygens (including phenoxy) is 1. The summed E-state index contributed by atoms with van der Waals surface area (Å²) >= 11 is 0. The van der Waals surface area contributed by atoms with Crippen molar-refractivity contribution in [2.75, 3.05) is 6.61 Å². The lowest BCUT2D eigenvalue weighted by atomic mass is 9.87. The maximum Gasteiger partial charge on any atom is 0.344 e. The lowest BCUT2D eigenvalue weighted by Crippen LogP contribution is -2.48. The first-order valence-corrected chi connectivity index (χ1v) is 10.3. The predicted octanol–water partition coefficient (Wildman–Crippen LogP) is 3.76. The summed E-state index contributed by atoms with van der Waals surface area (Å²) in [6, 6.07) is 15.0. The van der Waals surface area contributed by atoms with Crippen LogP contribution >= 0.6 is 0 Å². The van der Waals surface area contributed by atoms with E-state index < -0.39 is 23.4 Å². The summed E-state index contributed by atoms with van der Waals surface area (Å²) in [4.78, 5) is 38.2. The van der Waals surface area contributed by atoms with E-state index in [4.69, 9.17) is 4.74 Å². The number of hydrazine groups is 1. The molecule has 4 amide bonds. The van der Waals surface area contributed by atoms with E-state index in [1.54, 1.807) is 48.5 Å². The van der Waals surface area contributed by atoms with E-state index in [1.165, 1.54) is 0 Å². The van der Waals surface area contributed by atoms with Crippen LogP contribution in [0.25, 0.3) is 0 Å². The van der Waals surface area contributed by atoms with E-state index in [1.807, 2.05) is 13.0 Å². The second-order valence-corrected chi connectivity index (χ2v) is 7.22. The predicted molar refractivity (Wildman–Crippen MR) is 113 cm³/mol. The molecule has 0 radical (unpaired) electrons. The van der Waals surface area contributed by atoms with Crippen LogP contribution in [0.4, 0.5) is 4.79 Å². The molecule has 3 rings (SSSR count). The van der Waals surface area contributed by atoms with Crippen LogP contribution in [-0.2, 0) is 10.3 Å². The maximum atomic E-state index is 13.1. The lowest BCUT2D eigenvalue weighted by Gasteiger charge is -2.25. The molecule has 158 valence electrons. The number of amides is 4. The van der Waals surface area contributed by atoms with Crippen LogP contribution in [0.3, 0.4) is 0 Å². The molecule has 7 heteroatoms. The highest BCUT2D eigenvalue weighted by Crippen LogP contribution is 2.31. The monoisotopic (exact) mass is 409 g/mol. The number of hydrogen-bond donors (Lipinski definition) is 2. The van der Waals surface area contributed by atoms with E-state index in [-0.39, 0.29) is 0 Å². The Morgan fingerprint density at radius 1 is 1.03 bits per heavy atom. The van der Waals surface area contributed by atoms with E-state index >= 15 is 0 Å². The van der Waals surface area contributed by atoms with Crippen LogP contribution in [0.1, 0.15) is 55.5 Å². The summed E-state index contributed by atoms with van der Waals surface area (Å²) in [5.74, 6) is -0.381. The van der Waals surface area contributed by atoms with Crippen LogP contribution < -0.4 is 15.5 Å². The quantitative estimate of drug-likeness (QED) is 0.488. The summed E-state index contributed by atoms with van der Waals surface area (Å²) in [5, 5.41) is 3.49. The van der Waals surface area contributed by atoms with Crippen molar-refractivity contribution in [3.05, 3.63) is 65.7 Å². The summed E-state index contributed by atoms with van der Waals surface area (Å²) < 4.78 is 5.64. The first-order chi connectivity index (χ1) is 14.5. The van der Waals surface area contributed by atoms with Crippen molar-refractivity contribution in [1.29, 1.82) is 0 Å². The second-order valence-electron chi connectivity index (χ2n) is 7.22. The highest BCUT2D eigenvalue weighted by atomic mass is 16.5. The van der Waals surface area contributed by atoms with Gasteiger partial charge in [-0.1, -0.05) is 57.0 Å². The van der Waals surface area contributed by atoms with E-state index in [2.05, 4.69) is 17.7 Å². The number of rotatable bonds is 9. The molecule has 0 spiro atoms. The lowest BCUT2D eigenvalue weighted by molar-refractivity contribution is -0.133. The molecule has 30 heavy (non-hydrogen) atoms. The van der Waals surface area contributed by atoms with Crippen LogP contribution in [-0.4, -0.2) is 29.5 Å². The molecule has 1 saturated heterocycles. The number of nitrogens with one attached hydrogen (secondary N) is 2. The number of carbonyl (C=O) groups is 3. The fourth-order valence-electron chi connectivity index (χ4n) is 3.45. The largest absolute Gasteiger partial charge is 0.494 e. The van der Waals surface area contributed by atoms with E-state index in [0.717, 1.165) is 24.3 Å². The molecule has 1 heterocycles. The van der Waals surface area contributed by atoms with Crippen molar-refractivity contribution < 1.29 is 19.1 Å². The van der Waals surface area contributed by atoms with Gasteiger partial charge in [-0.25, -0.2) is 4.79 Å². The highest BCUT2D eigenvalue weighted by molar-refractivity contribution is 6.09.